The molecule has 0 saturated carbocycles. The molecular formula is C32H41N7O2. The van der Waals surface area contributed by atoms with E-state index >= 15 is 0 Å². The number of benzene rings is 2. The van der Waals surface area contributed by atoms with E-state index in [4.69, 9.17) is 9.97 Å². The van der Waals surface area contributed by atoms with Crippen molar-refractivity contribution in [2.24, 2.45) is 0 Å². The summed E-state index contributed by atoms with van der Waals surface area (Å²) in [5, 5.41) is 9.59. The molecule has 41 heavy (non-hydrogen) atoms. The molecule has 1 saturated heterocycles. The standard InChI is InChI=1S/C32H41N7O2/c1-22-20-38(21-23(2)39(22)18-10-13-25-11-6-4-7-12-25)32(41)28-19-27-30(34-17-16-33-24(3)40)36-29(37-31(27)35-28)26-14-8-5-9-15-26/h4-9,11-12,14-15,22-23,28H,10,13,16-21H2,1-3H3,(H,33,40)(H2,34,35,36,37)/t22-,23+,28?. The molecule has 3 heterocycles. The Hall–Kier alpha value is -3.98. The number of nitrogens with zero attached hydrogens (tertiary/aromatic N) is 4. The van der Waals surface area contributed by atoms with Crippen molar-refractivity contribution in [2.45, 2.75) is 58.2 Å². The van der Waals surface area contributed by atoms with Gasteiger partial charge in [-0.15, -0.1) is 0 Å². The van der Waals surface area contributed by atoms with E-state index in [0.29, 0.717) is 50.1 Å². The topological polar surface area (TPSA) is 102 Å². The van der Waals surface area contributed by atoms with Crippen LogP contribution in [-0.4, -0.2) is 82.4 Å². The molecule has 0 aliphatic carbocycles. The van der Waals surface area contributed by atoms with Gasteiger partial charge in [0.05, 0.1) is 0 Å². The second kappa shape index (κ2) is 13.1. The molecule has 1 unspecified atom stereocenters. The number of nitrogens with one attached hydrogen (secondary N) is 3. The van der Waals surface area contributed by atoms with Gasteiger partial charge in [0.15, 0.2) is 5.82 Å². The van der Waals surface area contributed by atoms with Crippen molar-refractivity contribution in [3.63, 3.8) is 0 Å². The van der Waals surface area contributed by atoms with Crippen molar-refractivity contribution in [2.75, 3.05) is 43.4 Å². The molecule has 2 aliphatic heterocycles. The predicted octanol–water partition coefficient (Wildman–Crippen LogP) is 3.58. The summed E-state index contributed by atoms with van der Waals surface area (Å²) in [5.41, 5.74) is 3.19. The maximum Gasteiger partial charge on any atom is 0.245 e. The molecular weight excluding hydrogens is 514 g/mol. The van der Waals surface area contributed by atoms with Crippen molar-refractivity contribution in [3.05, 3.63) is 71.8 Å². The third-order valence-electron chi connectivity index (χ3n) is 7.99. The average Bonchev–Trinajstić information content (AvgIpc) is 3.41. The first-order chi connectivity index (χ1) is 19.9. The number of aromatic nitrogens is 2. The number of hydrogen-bond donors (Lipinski definition) is 3. The number of carbonyl (C=O) groups is 2. The minimum Gasteiger partial charge on any atom is -0.368 e. The first-order valence-electron chi connectivity index (χ1n) is 14.7. The summed E-state index contributed by atoms with van der Waals surface area (Å²) >= 11 is 0. The van der Waals surface area contributed by atoms with Crippen molar-refractivity contribution >= 4 is 23.5 Å². The monoisotopic (exact) mass is 555 g/mol. The lowest BCUT2D eigenvalue weighted by atomic mass is 10.0. The molecule has 3 N–H and O–H groups in total. The number of hydrogen-bond acceptors (Lipinski definition) is 7. The zero-order valence-corrected chi connectivity index (χ0v) is 24.3. The number of amides is 2. The normalized spacial score (nSPS) is 20.3. The van der Waals surface area contributed by atoms with Gasteiger partial charge < -0.3 is 20.9 Å². The highest BCUT2D eigenvalue weighted by atomic mass is 16.2. The molecule has 1 fully saturated rings. The zero-order chi connectivity index (χ0) is 28.8. The van der Waals surface area contributed by atoms with Gasteiger partial charge in [-0.1, -0.05) is 60.7 Å². The molecule has 0 radical (unpaired) electrons. The zero-order valence-electron chi connectivity index (χ0n) is 24.3. The number of anilines is 2. The fourth-order valence-electron chi connectivity index (χ4n) is 5.96. The maximum absolute atomic E-state index is 13.8. The van der Waals surface area contributed by atoms with E-state index in [2.05, 4.69) is 65.0 Å². The lowest BCUT2D eigenvalue weighted by Crippen LogP contribution is -2.60. The smallest absolute Gasteiger partial charge is 0.245 e. The van der Waals surface area contributed by atoms with E-state index in [1.165, 1.54) is 12.5 Å². The third-order valence-corrected chi connectivity index (χ3v) is 7.99. The maximum atomic E-state index is 13.8. The lowest BCUT2D eigenvalue weighted by Gasteiger charge is -2.45. The molecule has 3 atom stereocenters. The predicted molar refractivity (Wildman–Crippen MR) is 163 cm³/mol. The minimum atomic E-state index is -0.384. The van der Waals surface area contributed by atoms with Gasteiger partial charge in [0, 0.05) is 62.7 Å². The van der Waals surface area contributed by atoms with Gasteiger partial charge in [-0.3, -0.25) is 14.5 Å². The second-order valence-corrected chi connectivity index (χ2v) is 11.2. The molecule has 0 spiro atoms. The van der Waals surface area contributed by atoms with Crippen LogP contribution in [0.4, 0.5) is 11.6 Å². The Kier molecular flexibility index (Phi) is 9.14. The van der Waals surface area contributed by atoms with Crippen LogP contribution in [0.1, 0.15) is 38.3 Å². The first kappa shape index (κ1) is 28.5. The van der Waals surface area contributed by atoms with Crippen LogP contribution in [0.5, 0.6) is 0 Å². The van der Waals surface area contributed by atoms with E-state index in [9.17, 15) is 9.59 Å². The number of rotatable bonds is 10. The molecule has 2 aliphatic rings. The SMILES string of the molecule is CC(=O)NCCNc1nc(-c2ccccc2)nc2c1CC(C(=O)N1C[C@@H](C)N(CCCc3ccccc3)[C@@H](C)C1)N2. The first-order valence-corrected chi connectivity index (χ1v) is 14.7. The van der Waals surface area contributed by atoms with Crippen molar-refractivity contribution < 1.29 is 9.59 Å². The highest BCUT2D eigenvalue weighted by Gasteiger charge is 2.38. The van der Waals surface area contributed by atoms with E-state index in [1.54, 1.807) is 0 Å². The Morgan fingerprint density at radius 1 is 0.951 bits per heavy atom. The molecule has 5 rings (SSSR count). The van der Waals surface area contributed by atoms with Gasteiger partial charge in [-0.25, -0.2) is 9.97 Å². The van der Waals surface area contributed by atoms with Crippen molar-refractivity contribution in [3.8, 4) is 11.4 Å². The summed E-state index contributed by atoms with van der Waals surface area (Å²) in [4.78, 5) is 39.3. The van der Waals surface area contributed by atoms with Crippen LogP contribution in [0.3, 0.4) is 0 Å². The van der Waals surface area contributed by atoms with Crippen LogP contribution >= 0.6 is 0 Å². The molecule has 9 nitrogen and oxygen atoms in total. The molecule has 1 aromatic heterocycles. The number of piperazine rings is 1. The molecule has 2 aromatic carbocycles. The van der Waals surface area contributed by atoms with Crippen LogP contribution < -0.4 is 16.0 Å². The van der Waals surface area contributed by atoms with Crippen molar-refractivity contribution in [1.82, 2.24) is 25.1 Å². The highest BCUT2D eigenvalue weighted by Crippen LogP contribution is 2.33. The quantitative estimate of drug-likeness (QED) is 0.329. The number of aryl methyl sites for hydroxylation is 1. The van der Waals surface area contributed by atoms with Crippen LogP contribution in [0.2, 0.25) is 0 Å². The summed E-state index contributed by atoms with van der Waals surface area (Å²) in [6.45, 7) is 9.42. The molecule has 216 valence electrons. The Morgan fingerprint density at radius 3 is 2.32 bits per heavy atom. The van der Waals surface area contributed by atoms with E-state index in [-0.39, 0.29) is 29.9 Å². The highest BCUT2D eigenvalue weighted by molar-refractivity contribution is 5.88. The fraction of sp³-hybridized carbons (Fsp3) is 0.438. The summed E-state index contributed by atoms with van der Waals surface area (Å²) in [7, 11) is 0. The molecule has 2 amide bonds. The number of carbonyl (C=O) groups excluding carboxylic acids is 2. The third kappa shape index (κ3) is 7.03. The fourth-order valence-corrected chi connectivity index (χ4v) is 5.96. The average molecular weight is 556 g/mol. The molecule has 0 bridgehead atoms. The Morgan fingerprint density at radius 2 is 1.63 bits per heavy atom. The van der Waals surface area contributed by atoms with Crippen LogP contribution in [0, 0.1) is 0 Å². The van der Waals surface area contributed by atoms with Gasteiger partial charge in [0.1, 0.15) is 17.7 Å². The van der Waals surface area contributed by atoms with E-state index < -0.39 is 0 Å². The molecule has 3 aromatic rings. The Labute approximate surface area is 242 Å². The second-order valence-electron chi connectivity index (χ2n) is 11.2. The van der Waals surface area contributed by atoms with Crippen LogP contribution in [0.15, 0.2) is 60.7 Å². The molecule has 9 heteroatoms. The van der Waals surface area contributed by atoms with Crippen LogP contribution in [0.25, 0.3) is 11.4 Å². The summed E-state index contributed by atoms with van der Waals surface area (Å²) in [5.74, 6) is 2.03. The van der Waals surface area contributed by atoms with E-state index in [0.717, 1.165) is 30.5 Å². The van der Waals surface area contributed by atoms with E-state index in [1.807, 2.05) is 35.2 Å². The van der Waals surface area contributed by atoms with Gasteiger partial charge >= 0.3 is 0 Å². The van der Waals surface area contributed by atoms with Gasteiger partial charge in [-0.2, -0.15) is 0 Å². The Balaban J connectivity index is 1.24. The van der Waals surface area contributed by atoms with Crippen LogP contribution in [-0.2, 0) is 22.4 Å². The summed E-state index contributed by atoms with van der Waals surface area (Å²) in [6, 6.07) is 20.6. The summed E-state index contributed by atoms with van der Waals surface area (Å²) < 4.78 is 0. The summed E-state index contributed by atoms with van der Waals surface area (Å²) in [6.07, 6.45) is 2.69. The largest absolute Gasteiger partial charge is 0.368 e. The van der Waals surface area contributed by atoms with Crippen molar-refractivity contribution in [1.29, 1.82) is 0 Å². The minimum absolute atomic E-state index is 0.0724. The van der Waals surface area contributed by atoms with Gasteiger partial charge in [0.2, 0.25) is 11.8 Å². The Bertz CT molecular complexity index is 1320. The lowest BCUT2D eigenvalue weighted by molar-refractivity contribution is -0.136. The number of fused-ring (bicyclic) bond motifs is 1. The van der Waals surface area contributed by atoms with Gasteiger partial charge in [0.25, 0.3) is 0 Å². The van der Waals surface area contributed by atoms with Gasteiger partial charge in [-0.05, 0) is 38.8 Å².